The fourth-order valence-corrected chi connectivity index (χ4v) is 3.17. The number of nitrogens with zero attached hydrogens (tertiary/aromatic N) is 4. The van der Waals surface area contributed by atoms with Crippen LogP contribution in [0.25, 0.3) is 11.2 Å². The molecule has 16 heteroatoms. The van der Waals surface area contributed by atoms with Crippen LogP contribution >= 0.6 is 7.82 Å². The van der Waals surface area contributed by atoms with Gasteiger partial charge in [-0.05, 0) is 0 Å². The van der Waals surface area contributed by atoms with E-state index < -0.39 is 45.0 Å². The highest BCUT2D eigenvalue weighted by atomic mass is 31.2. The molecule has 0 bridgehead atoms. The van der Waals surface area contributed by atoms with Crippen molar-refractivity contribution in [1.82, 2.24) is 19.5 Å². The summed E-state index contributed by atoms with van der Waals surface area (Å²) in [7, 11) is -5.37. The summed E-state index contributed by atoms with van der Waals surface area (Å²) in [4.78, 5) is 31.7. The molecule has 1 fully saturated rings. The zero-order valence-corrected chi connectivity index (χ0v) is 14.6. The van der Waals surface area contributed by atoms with Gasteiger partial charge in [0.2, 0.25) is 0 Å². The first-order valence-electron chi connectivity index (χ1n) is 7.52. The molecule has 1 aliphatic rings. The number of aliphatic hydroxyl groups excluding tert-OH is 1. The van der Waals surface area contributed by atoms with Crippen molar-refractivity contribution in [2.75, 3.05) is 12.3 Å². The van der Waals surface area contributed by atoms with Crippen LogP contribution in [-0.2, 0) is 23.1 Å². The average molecular weight is 427 g/mol. The van der Waals surface area contributed by atoms with Crippen LogP contribution in [0.1, 0.15) is 12.6 Å². The maximum absolute atomic E-state index is 12.1. The molecule has 0 aliphatic carbocycles. The normalized spacial score (nSPS) is 25.0. The number of aliphatic hydroxyl groups is 1. The first-order chi connectivity index (χ1) is 13.0. The standard InChI is InChI=1S/C12H13F3N5O7P/c13-12(14,15)11(22)27-28(23,24)25-2-6-5(21)1-7(26-6)20-4-19-8-9(16)17-3-18-10(8)20/h3-7,21H,1-2H2,(H,23,24)(H2,16,17,18)/t5-,6+,7+/m0/s1. The van der Waals surface area contributed by atoms with Crippen LogP contribution in [0.5, 0.6) is 0 Å². The number of carbonyl (C=O) groups excluding carboxylic acids is 1. The maximum Gasteiger partial charge on any atom is 0.529 e. The highest BCUT2D eigenvalue weighted by Crippen LogP contribution is 2.46. The van der Waals surface area contributed by atoms with Gasteiger partial charge in [0.15, 0.2) is 11.5 Å². The molecular weight excluding hydrogens is 414 g/mol. The highest BCUT2D eigenvalue weighted by Gasteiger charge is 2.46. The molecule has 0 saturated carbocycles. The van der Waals surface area contributed by atoms with E-state index in [1.54, 1.807) is 0 Å². The van der Waals surface area contributed by atoms with Crippen LogP contribution < -0.4 is 5.73 Å². The van der Waals surface area contributed by atoms with Gasteiger partial charge in [-0.15, -0.1) is 0 Å². The molecule has 0 spiro atoms. The number of fused-ring (bicyclic) bond motifs is 1. The molecule has 0 amide bonds. The second-order valence-electron chi connectivity index (χ2n) is 5.66. The lowest BCUT2D eigenvalue weighted by Crippen LogP contribution is -2.28. The Hall–Kier alpha value is -2.32. The molecule has 1 aliphatic heterocycles. The van der Waals surface area contributed by atoms with Crippen molar-refractivity contribution in [2.24, 2.45) is 0 Å². The fourth-order valence-electron chi connectivity index (χ4n) is 2.47. The van der Waals surface area contributed by atoms with Crippen LogP contribution in [0, 0.1) is 0 Å². The predicted octanol–water partition coefficient (Wildman–Crippen LogP) is 0.279. The summed E-state index contributed by atoms with van der Waals surface area (Å²) >= 11 is 0. The van der Waals surface area contributed by atoms with Crippen molar-refractivity contribution >= 4 is 30.8 Å². The second-order valence-corrected chi connectivity index (χ2v) is 7.03. The van der Waals surface area contributed by atoms with Crippen LogP contribution in [0.2, 0.25) is 0 Å². The van der Waals surface area contributed by atoms with Gasteiger partial charge >= 0.3 is 20.0 Å². The van der Waals surface area contributed by atoms with Gasteiger partial charge in [0.05, 0.1) is 19.0 Å². The van der Waals surface area contributed by atoms with E-state index in [1.807, 2.05) is 0 Å². The molecule has 154 valence electrons. The van der Waals surface area contributed by atoms with Gasteiger partial charge in [0.25, 0.3) is 0 Å². The summed E-state index contributed by atoms with van der Waals surface area (Å²) in [6.45, 7) is -0.819. The van der Waals surface area contributed by atoms with E-state index in [1.165, 1.54) is 17.2 Å². The van der Waals surface area contributed by atoms with Gasteiger partial charge in [-0.25, -0.2) is 24.3 Å². The highest BCUT2D eigenvalue weighted by molar-refractivity contribution is 7.48. The van der Waals surface area contributed by atoms with Gasteiger partial charge in [-0.2, -0.15) is 13.2 Å². The number of hydrogen-bond donors (Lipinski definition) is 3. The zero-order chi connectivity index (χ0) is 20.7. The van der Waals surface area contributed by atoms with Crippen molar-refractivity contribution in [3.05, 3.63) is 12.7 Å². The summed E-state index contributed by atoms with van der Waals surface area (Å²) in [6, 6.07) is 0. The Bertz CT molecular complexity index is 938. The molecule has 28 heavy (non-hydrogen) atoms. The number of imidazole rings is 1. The van der Waals surface area contributed by atoms with E-state index in [4.69, 9.17) is 10.5 Å². The predicted molar refractivity (Wildman–Crippen MR) is 82.2 cm³/mol. The van der Waals surface area contributed by atoms with Crippen LogP contribution in [0.3, 0.4) is 0 Å². The lowest BCUT2D eigenvalue weighted by molar-refractivity contribution is -0.191. The fraction of sp³-hybridized carbons (Fsp3) is 0.500. The molecule has 3 rings (SSSR count). The van der Waals surface area contributed by atoms with E-state index in [0.717, 1.165) is 0 Å². The molecule has 12 nitrogen and oxygen atoms in total. The van der Waals surface area contributed by atoms with Gasteiger partial charge < -0.3 is 20.1 Å². The molecular formula is C12H13F3N5O7P. The van der Waals surface area contributed by atoms with Crippen molar-refractivity contribution in [3.8, 4) is 0 Å². The number of halogens is 3. The Kier molecular flexibility index (Phi) is 5.29. The lowest BCUT2D eigenvalue weighted by atomic mass is 10.2. The van der Waals surface area contributed by atoms with E-state index in [0.29, 0.717) is 11.2 Å². The smallest absolute Gasteiger partial charge is 0.390 e. The molecule has 4 N–H and O–H groups in total. The first kappa shape index (κ1) is 20.4. The minimum absolute atomic E-state index is 0.0124. The molecule has 1 saturated heterocycles. The third kappa shape index (κ3) is 4.23. The SMILES string of the molecule is Nc1ncnc2c1ncn2[C@H]1C[C@H](O)[C@@H](COP(=O)(O)OC(=O)C(F)(F)F)O1. The number of anilines is 1. The number of hydrogen-bond acceptors (Lipinski definition) is 10. The number of phosphoric ester groups is 1. The maximum atomic E-state index is 12.1. The number of alkyl halides is 3. The monoisotopic (exact) mass is 427 g/mol. The largest absolute Gasteiger partial charge is 0.529 e. The minimum Gasteiger partial charge on any atom is -0.390 e. The molecule has 4 atom stereocenters. The Balaban J connectivity index is 1.65. The zero-order valence-electron chi connectivity index (χ0n) is 13.7. The Morgan fingerprint density at radius 1 is 1.43 bits per heavy atom. The van der Waals surface area contributed by atoms with E-state index in [-0.39, 0.29) is 12.2 Å². The van der Waals surface area contributed by atoms with Gasteiger partial charge in [0.1, 0.15) is 24.2 Å². The lowest BCUT2D eigenvalue weighted by Gasteiger charge is -2.18. The first-order valence-corrected chi connectivity index (χ1v) is 9.02. The third-order valence-corrected chi connectivity index (χ3v) is 4.61. The van der Waals surface area contributed by atoms with Crippen molar-refractivity contribution in [1.29, 1.82) is 0 Å². The third-order valence-electron chi connectivity index (χ3n) is 3.73. The van der Waals surface area contributed by atoms with E-state index in [9.17, 15) is 32.5 Å². The summed E-state index contributed by atoms with van der Waals surface area (Å²) in [6.07, 6.45) is -6.19. The number of nitrogens with two attached hydrogens (primary N) is 1. The summed E-state index contributed by atoms with van der Waals surface area (Å²) < 4.78 is 62.4. The van der Waals surface area contributed by atoms with Crippen molar-refractivity contribution < 1.29 is 46.3 Å². The number of phosphoric acid groups is 1. The molecule has 0 radical (unpaired) electrons. The van der Waals surface area contributed by atoms with Gasteiger partial charge in [0, 0.05) is 6.42 Å². The molecule has 3 heterocycles. The minimum atomic E-state index is -5.47. The van der Waals surface area contributed by atoms with Gasteiger partial charge in [-0.1, -0.05) is 0 Å². The molecule has 2 aromatic heterocycles. The van der Waals surface area contributed by atoms with Gasteiger partial charge in [-0.3, -0.25) is 14.0 Å². The van der Waals surface area contributed by atoms with Crippen molar-refractivity contribution in [3.63, 3.8) is 0 Å². The number of aromatic nitrogens is 4. The van der Waals surface area contributed by atoms with Crippen LogP contribution in [0.4, 0.5) is 19.0 Å². The van der Waals surface area contributed by atoms with Crippen molar-refractivity contribution in [2.45, 2.75) is 31.0 Å². The molecule has 2 aromatic rings. The summed E-state index contributed by atoms with van der Waals surface area (Å²) in [5, 5.41) is 10.0. The number of nitrogen functional groups attached to an aromatic ring is 1. The number of carbonyl (C=O) groups is 1. The second kappa shape index (κ2) is 7.25. The summed E-state index contributed by atoms with van der Waals surface area (Å²) in [5.41, 5.74) is 6.27. The molecule has 0 aromatic carbocycles. The summed E-state index contributed by atoms with van der Waals surface area (Å²) in [5.74, 6) is -2.76. The molecule has 1 unspecified atom stereocenters. The van der Waals surface area contributed by atoms with E-state index in [2.05, 4.69) is 24.0 Å². The van der Waals surface area contributed by atoms with Crippen LogP contribution in [0.15, 0.2) is 12.7 Å². The van der Waals surface area contributed by atoms with Crippen LogP contribution in [-0.4, -0.2) is 60.5 Å². The average Bonchev–Trinajstić information content (AvgIpc) is 3.16. The van der Waals surface area contributed by atoms with E-state index >= 15 is 0 Å². The topological polar surface area (TPSA) is 172 Å². The Labute approximate surface area is 153 Å². The quantitative estimate of drug-likeness (QED) is 0.560. The number of ether oxygens (including phenoxy) is 1. The number of rotatable bonds is 5. The Morgan fingerprint density at radius 2 is 2.14 bits per heavy atom. The Morgan fingerprint density at radius 3 is 2.82 bits per heavy atom.